The average molecular weight is 417 g/mol. The van der Waals surface area contributed by atoms with E-state index in [4.69, 9.17) is 4.74 Å². The van der Waals surface area contributed by atoms with Gasteiger partial charge in [-0.1, -0.05) is 53.9 Å². The van der Waals surface area contributed by atoms with Crippen LogP contribution in [0.15, 0.2) is 0 Å². The van der Waals surface area contributed by atoms with Crippen molar-refractivity contribution >= 4 is 0 Å². The number of hydrogen-bond acceptors (Lipinski definition) is 1. The van der Waals surface area contributed by atoms with Gasteiger partial charge in [0.1, 0.15) is 0 Å². The second-order valence-corrected chi connectivity index (χ2v) is 13.0. The van der Waals surface area contributed by atoms with Gasteiger partial charge in [-0.2, -0.15) is 0 Å². The molecule has 30 heavy (non-hydrogen) atoms. The molecule has 4 fully saturated rings. The summed E-state index contributed by atoms with van der Waals surface area (Å²) in [5.41, 5.74) is 1.25. The summed E-state index contributed by atoms with van der Waals surface area (Å²) in [6.07, 6.45) is 18.1. The molecule has 1 heteroatoms. The molecule has 4 saturated carbocycles. The normalized spacial score (nSPS) is 46.9. The minimum Gasteiger partial charge on any atom is -0.378 e. The van der Waals surface area contributed by atoms with Crippen LogP contribution >= 0.6 is 0 Å². The molecule has 0 N–H and O–H groups in total. The molecule has 9 atom stereocenters. The number of fused-ring (bicyclic) bond motifs is 5. The molecule has 174 valence electrons. The first-order valence-electron chi connectivity index (χ1n) is 13.9. The molecule has 0 bridgehead atoms. The SMILES string of the molecule is CCO[C@H]1CC[C@@]2(C)C(CCC3C2CC[C@@]2(C)C3CCC2[C@H](C)CCCC(C)C)C1. The van der Waals surface area contributed by atoms with Crippen molar-refractivity contribution in [3.05, 3.63) is 0 Å². The van der Waals surface area contributed by atoms with Crippen LogP contribution in [0.2, 0.25) is 0 Å². The third-order valence-corrected chi connectivity index (χ3v) is 11.2. The van der Waals surface area contributed by atoms with E-state index in [0.29, 0.717) is 16.9 Å². The van der Waals surface area contributed by atoms with Crippen molar-refractivity contribution in [2.75, 3.05) is 6.61 Å². The highest BCUT2D eigenvalue weighted by atomic mass is 16.5. The van der Waals surface area contributed by atoms with Crippen molar-refractivity contribution in [3.8, 4) is 0 Å². The molecule has 4 rings (SSSR count). The molecule has 4 aliphatic carbocycles. The Morgan fingerprint density at radius 3 is 2.30 bits per heavy atom. The second-order valence-electron chi connectivity index (χ2n) is 13.0. The van der Waals surface area contributed by atoms with Crippen LogP contribution in [0.4, 0.5) is 0 Å². The van der Waals surface area contributed by atoms with Crippen molar-refractivity contribution < 1.29 is 4.74 Å². The fourth-order valence-corrected chi connectivity index (χ4v) is 9.63. The molecule has 0 aromatic carbocycles. The van der Waals surface area contributed by atoms with Gasteiger partial charge in [-0.15, -0.1) is 0 Å². The Balaban J connectivity index is 1.43. The van der Waals surface area contributed by atoms with Crippen LogP contribution in [0, 0.1) is 52.3 Å². The first-order valence-corrected chi connectivity index (χ1v) is 13.9. The molecule has 1 nitrogen and oxygen atoms in total. The zero-order valence-corrected chi connectivity index (χ0v) is 21.2. The quantitative estimate of drug-likeness (QED) is 0.404. The summed E-state index contributed by atoms with van der Waals surface area (Å²) < 4.78 is 6.09. The lowest BCUT2D eigenvalue weighted by Crippen LogP contribution is -2.54. The van der Waals surface area contributed by atoms with Crippen molar-refractivity contribution in [3.63, 3.8) is 0 Å². The third-order valence-electron chi connectivity index (χ3n) is 11.2. The van der Waals surface area contributed by atoms with Crippen LogP contribution in [-0.4, -0.2) is 12.7 Å². The number of rotatable bonds is 7. The Morgan fingerprint density at radius 1 is 0.833 bits per heavy atom. The maximum Gasteiger partial charge on any atom is 0.0578 e. The third kappa shape index (κ3) is 4.04. The molecular weight excluding hydrogens is 364 g/mol. The van der Waals surface area contributed by atoms with Gasteiger partial charge in [0, 0.05) is 6.61 Å². The Kier molecular flexibility index (Phi) is 6.99. The Bertz CT molecular complexity index is 569. The summed E-state index contributed by atoms with van der Waals surface area (Å²) in [4.78, 5) is 0. The van der Waals surface area contributed by atoms with Crippen LogP contribution in [0.1, 0.15) is 119 Å². The Hall–Kier alpha value is -0.0400. The minimum atomic E-state index is 0.557. The summed E-state index contributed by atoms with van der Waals surface area (Å²) >= 11 is 0. The van der Waals surface area contributed by atoms with Crippen molar-refractivity contribution in [1.82, 2.24) is 0 Å². The van der Waals surface area contributed by atoms with Gasteiger partial charge in [-0.05, 0) is 117 Å². The van der Waals surface area contributed by atoms with Crippen molar-refractivity contribution in [2.45, 2.75) is 125 Å². The average Bonchev–Trinajstić information content (AvgIpc) is 3.05. The standard InChI is InChI=1S/C29H52O/c1-7-30-23-15-17-28(5)22(19-23)11-12-24-26-14-13-25(21(4)10-8-9-20(2)3)29(26,6)18-16-27(24)28/h20-27H,7-19H2,1-6H3/t21-,22?,23+,24?,25?,26?,27?,28+,29-/m1/s1. The Labute approximate surface area is 188 Å². The zero-order valence-electron chi connectivity index (χ0n) is 21.2. The maximum absolute atomic E-state index is 6.09. The predicted octanol–water partition coefficient (Wildman–Crippen LogP) is 8.51. The highest BCUT2D eigenvalue weighted by molar-refractivity contribution is 5.09. The minimum absolute atomic E-state index is 0.557. The van der Waals surface area contributed by atoms with E-state index in [1.807, 2.05) is 0 Å². The van der Waals surface area contributed by atoms with Crippen LogP contribution < -0.4 is 0 Å². The topological polar surface area (TPSA) is 9.23 Å². The van der Waals surface area contributed by atoms with Crippen LogP contribution in [0.25, 0.3) is 0 Å². The highest BCUT2D eigenvalue weighted by Gasteiger charge is 2.60. The number of ether oxygens (including phenoxy) is 1. The van der Waals surface area contributed by atoms with Gasteiger partial charge in [0.05, 0.1) is 6.10 Å². The van der Waals surface area contributed by atoms with Crippen LogP contribution in [-0.2, 0) is 4.74 Å². The summed E-state index contributed by atoms with van der Waals surface area (Å²) in [6, 6.07) is 0. The van der Waals surface area contributed by atoms with Crippen molar-refractivity contribution in [2.24, 2.45) is 52.3 Å². The predicted molar refractivity (Wildman–Crippen MR) is 128 cm³/mol. The summed E-state index contributed by atoms with van der Waals surface area (Å²) in [7, 11) is 0. The largest absolute Gasteiger partial charge is 0.378 e. The fourth-order valence-electron chi connectivity index (χ4n) is 9.63. The van der Waals surface area contributed by atoms with Gasteiger partial charge in [-0.3, -0.25) is 0 Å². The van der Waals surface area contributed by atoms with Crippen molar-refractivity contribution in [1.29, 1.82) is 0 Å². The summed E-state index contributed by atoms with van der Waals surface area (Å²) in [5.74, 6) is 6.79. The monoisotopic (exact) mass is 416 g/mol. The van der Waals surface area contributed by atoms with Crippen LogP contribution in [0.5, 0.6) is 0 Å². The molecule has 0 saturated heterocycles. The first kappa shape index (κ1) is 23.1. The van der Waals surface area contributed by atoms with Gasteiger partial charge in [-0.25, -0.2) is 0 Å². The van der Waals surface area contributed by atoms with E-state index in [2.05, 4.69) is 41.5 Å². The molecule has 0 spiro atoms. The van der Waals surface area contributed by atoms with E-state index in [-0.39, 0.29) is 0 Å². The Morgan fingerprint density at radius 2 is 1.57 bits per heavy atom. The molecule has 4 aliphatic rings. The van der Waals surface area contributed by atoms with Gasteiger partial charge in [0.2, 0.25) is 0 Å². The van der Waals surface area contributed by atoms with Crippen LogP contribution in [0.3, 0.4) is 0 Å². The van der Waals surface area contributed by atoms with E-state index in [1.165, 1.54) is 70.6 Å². The zero-order chi connectivity index (χ0) is 21.5. The van der Waals surface area contributed by atoms with E-state index in [1.54, 1.807) is 6.42 Å². The van der Waals surface area contributed by atoms with Gasteiger partial charge in [0.25, 0.3) is 0 Å². The molecule has 5 unspecified atom stereocenters. The summed E-state index contributed by atoms with van der Waals surface area (Å²) in [6.45, 7) is 15.9. The molecular formula is C29H52O. The molecule has 0 heterocycles. The molecule has 0 amide bonds. The molecule has 0 radical (unpaired) electrons. The van der Waals surface area contributed by atoms with Gasteiger partial charge in [0.15, 0.2) is 0 Å². The van der Waals surface area contributed by atoms with E-state index in [9.17, 15) is 0 Å². The van der Waals surface area contributed by atoms with Gasteiger partial charge >= 0.3 is 0 Å². The second kappa shape index (κ2) is 9.07. The number of hydrogen-bond donors (Lipinski definition) is 0. The molecule has 0 aromatic heterocycles. The highest BCUT2D eigenvalue weighted by Crippen LogP contribution is 2.68. The lowest BCUT2D eigenvalue weighted by molar-refractivity contribution is -0.136. The lowest BCUT2D eigenvalue weighted by atomic mass is 9.44. The molecule has 0 aromatic rings. The maximum atomic E-state index is 6.09. The van der Waals surface area contributed by atoms with E-state index in [0.717, 1.165) is 48.0 Å². The smallest absolute Gasteiger partial charge is 0.0578 e. The van der Waals surface area contributed by atoms with E-state index < -0.39 is 0 Å². The molecule has 0 aliphatic heterocycles. The fraction of sp³-hybridized carbons (Fsp3) is 1.00. The lowest BCUT2D eigenvalue weighted by Gasteiger charge is -2.61. The van der Waals surface area contributed by atoms with Gasteiger partial charge < -0.3 is 4.74 Å². The van der Waals surface area contributed by atoms with E-state index >= 15 is 0 Å². The summed E-state index contributed by atoms with van der Waals surface area (Å²) in [5, 5.41) is 0. The first-order chi connectivity index (χ1) is 14.3.